The quantitative estimate of drug-likeness (QED) is 0.612. The second kappa shape index (κ2) is 8.54. The van der Waals surface area contributed by atoms with Gasteiger partial charge >= 0.3 is 0 Å². The van der Waals surface area contributed by atoms with Crippen molar-refractivity contribution in [2.45, 2.75) is 44.9 Å². The van der Waals surface area contributed by atoms with Gasteiger partial charge in [-0.25, -0.2) is 0 Å². The lowest BCUT2D eigenvalue weighted by atomic mass is 9.99. The Labute approximate surface area is 116 Å². The van der Waals surface area contributed by atoms with Crippen molar-refractivity contribution < 1.29 is 4.79 Å². The molecular weight excluding hydrogens is 248 g/mol. The monoisotopic (exact) mass is 272 g/mol. The first-order valence-corrected chi connectivity index (χ1v) is 7.02. The van der Waals surface area contributed by atoms with E-state index in [4.69, 9.17) is 0 Å². The van der Waals surface area contributed by atoms with Gasteiger partial charge in [0.1, 0.15) is 0 Å². The first kappa shape index (κ1) is 15.5. The molecule has 0 spiro atoms. The Morgan fingerprint density at radius 3 is 2.61 bits per heavy atom. The topological polar surface area (TPSA) is 41.1 Å². The predicted octanol–water partition coefficient (Wildman–Crippen LogP) is 2.41. The van der Waals surface area contributed by atoms with Crippen LogP contribution in [0.25, 0.3) is 0 Å². The fourth-order valence-corrected chi connectivity index (χ4v) is 2.72. The second-order valence-electron chi connectivity index (χ2n) is 5.22. The molecule has 0 saturated heterocycles. The molecule has 1 amide bonds. The number of amides is 1. The van der Waals surface area contributed by atoms with Crippen LogP contribution in [0.2, 0.25) is 0 Å². The molecule has 0 radical (unpaired) electrons. The Morgan fingerprint density at radius 2 is 2.00 bits per heavy atom. The second-order valence-corrected chi connectivity index (χ2v) is 5.22. The van der Waals surface area contributed by atoms with Crippen LogP contribution < -0.4 is 10.6 Å². The van der Waals surface area contributed by atoms with Gasteiger partial charge in [-0.15, -0.1) is 12.4 Å². The molecule has 1 fully saturated rings. The zero-order valence-electron chi connectivity index (χ0n) is 11.0. The molecule has 2 aliphatic rings. The lowest BCUT2D eigenvalue weighted by Crippen LogP contribution is -2.33. The summed E-state index contributed by atoms with van der Waals surface area (Å²) in [4.78, 5) is 12.0. The molecule has 0 unspecified atom stereocenters. The van der Waals surface area contributed by atoms with Gasteiger partial charge in [-0.1, -0.05) is 37.3 Å². The molecule has 1 heterocycles. The number of carbonyl (C=O) groups excluding carboxylic acids is 1. The van der Waals surface area contributed by atoms with E-state index in [0.717, 1.165) is 38.9 Å². The fourth-order valence-electron chi connectivity index (χ4n) is 2.72. The van der Waals surface area contributed by atoms with Crippen molar-refractivity contribution in [2.24, 2.45) is 5.92 Å². The van der Waals surface area contributed by atoms with Crippen molar-refractivity contribution in [1.29, 1.82) is 0 Å². The van der Waals surface area contributed by atoms with Gasteiger partial charge in [0.2, 0.25) is 5.91 Å². The van der Waals surface area contributed by atoms with Crippen LogP contribution >= 0.6 is 12.4 Å². The van der Waals surface area contributed by atoms with Crippen molar-refractivity contribution in [1.82, 2.24) is 10.6 Å². The molecule has 0 aromatic heterocycles. The van der Waals surface area contributed by atoms with Gasteiger partial charge in [-0.3, -0.25) is 4.79 Å². The first-order chi connectivity index (χ1) is 8.36. The molecule has 104 valence electrons. The number of hydrogen-bond donors (Lipinski definition) is 2. The van der Waals surface area contributed by atoms with E-state index < -0.39 is 0 Å². The Hall–Kier alpha value is -0.540. The Bertz CT molecular complexity index is 284. The number of halogens is 1. The Kier molecular flexibility index (Phi) is 7.36. The van der Waals surface area contributed by atoms with E-state index in [1.165, 1.54) is 31.3 Å². The Morgan fingerprint density at radius 1 is 1.28 bits per heavy atom. The largest absolute Gasteiger partial charge is 0.352 e. The number of nitrogens with one attached hydrogen (secondary N) is 2. The third-order valence-electron chi connectivity index (χ3n) is 3.87. The summed E-state index contributed by atoms with van der Waals surface area (Å²) in [7, 11) is 0. The van der Waals surface area contributed by atoms with Crippen molar-refractivity contribution in [3.05, 3.63) is 11.6 Å². The molecule has 3 nitrogen and oxygen atoms in total. The molecule has 0 atom stereocenters. The van der Waals surface area contributed by atoms with Gasteiger partial charge in [0, 0.05) is 19.0 Å². The molecule has 0 bridgehead atoms. The van der Waals surface area contributed by atoms with E-state index in [0.29, 0.717) is 0 Å². The average molecular weight is 273 g/mol. The molecule has 2 N–H and O–H groups in total. The van der Waals surface area contributed by atoms with Crippen LogP contribution in [-0.2, 0) is 4.79 Å². The molecule has 1 aliphatic heterocycles. The van der Waals surface area contributed by atoms with E-state index in [1.54, 1.807) is 0 Å². The van der Waals surface area contributed by atoms with Crippen molar-refractivity contribution in [3.63, 3.8) is 0 Å². The summed E-state index contributed by atoms with van der Waals surface area (Å²) in [5.41, 5.74) is 1.38. The lowest BCUT2D eigenvalue weighted by molar-refractivity contribution is -0.125. The maximum atomic E-state index is 12.0. The van der Waals surface area contributed by atoms with Crippen LogP contribution in [0, 0.1) is 5.92 Å². The van der Waals surface area contributed by atoms with Gasteiger partial charge < -0.3 is 10.6 Å². The fraction of sp³-hybridized carbons (Fsp3) is 0.786. The third kappa shape index (κ3) is 4.99. The van der Waals surface area contributed by atoms with Crippen LogP contribution in [-0.4, -0.2) is 25.5 Å². The zero-order valence-corrected chi connectivity index (χ0v) is 11.9. The zero-order chi connectivity index (χ0) is 11.9. The molecule has 2 rings (SSSR count). The maximum absolute atomic E-state index is 12.0. The van der Waals surface area contributed by atoms with Crippen molar-refractivity contribution >= 4 is 18.3 Å². The highest BCUT2D eigenvalue weighted by molar-refractivity contribution is 5.85. The number of hydrogen-bond acceptors (Lipinski definition) is 2. The standard InChI is InChI=1S/C14H24N2O.ClH/c17-14(13-5-3-1-2-4-6-13)16-11-12-7-9-15-10-8-12;/h7,13,15H,1-6,8-11H2,(H,16,17);1H. The van der Waals surface area contributed by atoms with Gasteiger partial charge in [-0.2, -0.15) is 0 Å². The van der Waals surface area contributed by atoms with Gasteiger partial charge in [0.05, 0.1) is 0 Å². The summed E-state index contributed by atoms with van der Waals surface area (Å²) in [5, 5.41) is 6.40. The smallest absolute Gasteiger partial charge is 0.223 e. The minimum absolute atomic E-state index is 0. The number of carbonyl (C=O) groups is 1. The normalized spacial score (nSPS) is 21.4. The molecular formula is C14H25ClN2O. The van der Waals surface area contributed by atoms with Crippen LogP contribution in [0.15, 0.2) is 11.6 Å². The summed E-state index contributed by atoms with van der Waals surface area (Å²) in [6.07, 6.45) is 10.5. The van der Waals surface area contributed by atoms with E-state index >= 15 is 0 Å². The minimum atomic E-state index is 0. The van der Waals surface area contributed by atoms with Gasteiger partial charge in [0.25, 0.3) is 0 Å². The third-order valence-corrected chi connectivity index (χ3v) is 3.87. The molecule has 0 aromatic carbocycles. The van der Waals surface area contributed by atoms with Crippen molar-refractivity contribution in [3.8, 4) is 0 Å². The van der Waals surface area contributed by atoms with Crippen LogP contribution in [0.3, 0.4) is 0 Å². The highest BCUT2D eigenvalue weighted by Crippen LogP contribution is 2.22. The highest BCUT2D eigenvalue weighted by atomic mass is 35.5. The van der Waals surface area contributed by atoms with Crippen molar-refractivity contribution in [2.75, 3.05) is 19.6 Å². The van der Waals surface area contributed by atoms with E-state index in [-0.39, 0.29) is 24.2 Å². The SMILES string of the molecule is Cl.O=C(NCC1=CCNCC1)C1CCCCCC1. The van der Waals surface area contributed by atoms with Crippen LogP contribution in [0.5, 0.6) is 0 Å². The van der Waals surface area contributed by atoms with Gasteiger partial charge in [-0.05, 0) is 25.8 Å². The van der Waals surface area contributed by atoms with Gasteiger partial charge in [0.15, 0.2) is 0 Å². The molecule has 4 heteroatoms. The van der Waals surface area contributed by atoms with Crippen LogP contribution in [0.1, 0.15) is 44.9 Å². The summed E-state index contributed by atoms with van der Waals surface area (Å²) < 4.78 is 0. The highest BCUT2D eigenvalue weighted by Gasteiger charge is 2.19. The summed E-state index contributed by atoms with van der Waals surface area (Å²) in [6.45, 7) is 2.76. The Balaban J connectivity index is 0.00000162. The molecule has 18 heavy (non-hydrogen) atoms. The maximum Gasteiger partial charge on any atom is 0.223 e. The number of rotatable bonds is 3. The van der Waals surface area contributed by atoms with E-state index in [2.05, 4.69) is 16.7 Å². The van der Waals surface area contributed by atoms with E-state index in [9.17, 15) is 4.79 Å². The summed E-state index contributed by atoms with van der Waals surface area (Å²) >= 11 is 0. The first-order valence-electron chi connectivity index (χ1n) is 7.02. The average Bonchev–Trinajstić information content (AvgIpc) is 2.66. The van der Waals surface area contributed by atoms with E-state index in [1.807, 2.05) is 0 Å². The van der Waals surface area contributed by atoms with Crippen LogP contribution in [0.4, 0.5) is 0 Å². The summed E-state index contributed by atoms with van der Waals surface area (Å²) in [5.74, 6) is 0.561. The predicted molar refractivity (Wildman–Crippen MR) is 77.0 cm³/mol. The minimum Gasteiger partial charge on any atom is -0.352 e. The lowest BCUT2D eigenvalue weighted by Gasteiger charge is -2.17. The summed E-state index contributed by atoms with van der Waals surface area (Å²) in [6, 6.07) is 0. The molecule has 1 saturated carbocycles. The molecule has 0 aromatic rings. The molecule has 1 aliphatic carbocycles.